The third-order valence-corrected chi connectivity index (χ3v) is 8.91. The van der Waals surface area contributed by atoms with Crippen LogP contribution in [0.25, 0.3) is 0 Å². The molecule has 214 valence electrons. The van der Waals surface area contributed by atoms with E-state index in [2.05, 4.69) is 5.32 Å². The summed E-state index contributed by atoms with van der Waals surface area (Å²) in [6, 6.07) is 15.8. The number of hydrogen-bond acceptors (Lipinski definition) is 4. The molecule has 7 nitrogen and oxygen atoms in total. The average Bonchev–Trinajstić information content (AvgIpc) is 2.90. The number of unbranched alkanes of at least 4 members (excludes halogenated alkanes) is 1. The maximum atomic E-state index is 13.9. The lowest BCUT2D eigenvalue weighted by atomic mass is 10.1. The molecule has 40 heavy (non-hydrogen) atoms. The first-order valence-electron chi connectivity index (χ1n) is 12.5. The standard InChI is InChI=1S/C28H29Cl4N3O4S/c1-3-4-12-33-28(37)19(2)34(17-20-10-11-21(29)16-26(20)32)27(36)18-35(24-14-22(30)13-23(31)15-24)40(38,39)25-8-6-5-7-9-25/h5-11,13-16,19H,3-4,12,17-18H2,1-2H3,(H,33,37). The van der Waals surface area contributed by atoms with Crippen LogP contribution in [-0.2, 0) is 26.2 Å². The number of amides is 2. The zero-order chi connectivity index (χ0) is 29.4. The van der Waals surface area contributed by atoms with E-state index in [9.17, 15) is 18.0 Å². The Labute approximate surface area is 255 Å². The number of nitrogens with one attached hydrogen (secondary N) is 1. The van der Waals surface area contributed by atoms with Crippen molar-refractivity contribution >= 4 is 73.9 Å². The highest BCUT2D eigenvalue weighted by Gasteiger charge is 2.33. The topological polar surface area (TPSA) is 86.8 Å². The summed E-state index contributed by atoms with van der Waals surface area (Å²) in [5.41, 5.74) is 0.634. The third kappa shape index (κ3) is 8.27. The second kappa shape index (κ2) is 14.4. The van der Waals surface area contributed by atoms with Gasteiger partial charge >= 0.3 is 0 Å². The third-order valence-electron chi connectivity index (χ3n) is 6.10. The van der Waals surface area contributed by atoms with E-state index < -0.39 is 28.5 Å². The van der Waals surface area contributed by atoms with Gasteiger partial charge in [0.25, 0.3) is 10.0 Å². The predicted octanol–water partition coefficient (Wildman–Crippen LogP) is 6.83. The highest BCUT2D eigenvalue weighted by atomic mass is 35.5. The molecule has 3 rings (SSSR count). The fourth-order valence-electron chi connectivity index (χ4n) is 3.88. The van der Waals surface area contributed by atoms with E-state index >= 15 is 0 Å². The van der Waals surface area contributed by atoms with Crippen molar-refractivity contribution in [2.45, 2.75) is 44.2 Å². The molecule has 1 N–H and O–H groups in total. The van der Waals surface area contributed by atoms with Gasteiger partial charge in [0.2, 0.25) is 11.8 Å². The maximum absolute atomic E-state index is 13.9. The van der Waals surface area contributed by atoms with Crippen molar-refractivity contribution in [2.24, 2.45) is 0 Å². The molecule has 0 aromatic heterocycles. The summed E-state index contributed by atoms with van der Waals surface area (Å²) in [5.74, 6) is -1.02. The molecule has 0 aliphatic heterocycles. The van der Waals surface area contributed by atoms with Crippen LogP contribution in [0.5, 0.6) is 0 Å². The van der Waals surface area contributed by atoms with Crippen molar-refractivity contribution in [1.82, 2.24) is 10.2 Å². The summed E-state index contributed by atoms with van der Waals surface area (Å²) in [7, 11) is -4.24. The number of sulfonamides is 1. The minimum absolute atomic E-state index is 0.0310. The molecular weight excluding hydrogens is 616 g/mol. The van der Waals surface area contributed by atoms with Crippen LogP contribution in [0.4, 0.5) is 5.69 Å². The molecule has 0 radical (unpaired) electrons. The Morgan fingerprint density at radius 3 is 2.15 bits per heavy atom. The second-order valence-electron chi connectivity index (χ2n) is 9.03. The molecule has 2 amide bonds. The van der Waals surface area contributed by atoms with Crippen LogP contribution in [0.15, 0.2) is 71.6 Å². The van der Waals surface area contributed by atoms with Gasteiger partial charge in [0.05, 0.1) is 10.6 Å². The van der Waals surface area contributed by atoms with E-state index in [4.69, 9.17) is 46.4 Å². The molecule has 0 bridgehead atoms. The summed E-state index contributed by atoms with van der Waals surface area (Å²) in [4.78, 5) is 28.2. The van der Waals surface area contributed by atoms with Gasteiger partial charge in [-0.3, -0.25) is 13.9 Å². The molecule has 1 atom stereocenters. The zero-order valence-electron chi connectivity index (χ0n) is 21.9. The van der Waals surface area contributed by atoms with Crippen molar-refractivity contribution < 1.29 is 18.0 Å². The van der Waals surface area contributed by atoms with E-state index in [1.165, 1.54) is 41.3 Å². The van der Waals surface area contributed by atoms with Crippen molar-refractivity contribution in [2.75, 3.05) is 17.4 Å². The number of rotatable bonds is 12. The van der Waals surface area contributed by atoms with Crippen molar-refractivity contribution in [3.8, 4) is 0 Å². The maximum Gasteiger partial charge on any atom is 0.264 e. The first-order valence-corrected chi connectivity index (χ1v) is 15.4. The summed E-state index contributed by atoms with van der Waals surface area (Å²) in [6.07, 6.45) is 1.65. The lowest BCUT2D eigenvalue weighted by molar-refractivity contribution is -0.139. The minimum atomic E-state index is -4.24. The van der Waals surface area contributed by atoms with Gasteiger partial charge in [-0.2, -0.15) is 0 Å². The Balaban J connectivity index is 2.04. The Morgan fingerprint density at radius 2 is 1.55 bits per heavy atom. The Hall–Kier alpha value is -2.49. The summed E-state index contributed by atoms with van der Waals surface area (Å²) < 4.78 is 28.5. The van der Waals surface area contributed by atoms with Gasteiger partial charge in [-0.25, -0.2) is 8.42 Å². The van der Waals surface area contributed by atoms with E-state index in [0.717, 1.165) is 17.1 Å². The molecular formula is C28H29Cl4N3O4S. The second-order valence-corrected chi connectivity index (χ2v) is 12.6. The molecule has 0 spiro atoms. The first kappa shape index (κ1) is 32.0. The molecule has 0 aliphatic carbocycles. The van der Waals surface area contributed by atoms with Gasteiger partial charge in [-0.15, -0.1) is 0 Å². The van der Waals surface area contributed by atoms with Crippen LogP contribution in [0.2, 0.25) is 20.1 Å². The summed E-state index contributed by atoms with van der Waals surface area (Å²) >= 11 is 24.8. The van der Waals surface area contributed by atoms with Crippen molar-refractivity contribution in [1.29, 1.82) is 0 Å². The van der Waals surface area contributed by atoms with Crippen LogP contribution in [0.3, 0.4) is 0 Å². The fraction of sp³-hybridized carbons (Fsp3) is 0.286. The first-order chi connectivity index (χ1) is 18.9. The number of anilines is 1. The van der Waals surface area contributed by atoms with E-state index in [0.29, 0.717) is 22.2 Å². The largest absolute Gasteiger partial charge is 0.354 e. The number of carbonyl (C=O) groups excluding carboxylic acids is 2. The van der Waals surface area contributed by atoms with Crippen LogP contribution in [-0.4, -0.2) is 44.3 Å². The number of carbonyl (C=O) groups is 2. The quantitative estimate of drug-likeness (QED) is 0.219. The number of benzene rings is 3. The fourth-order valence-corrected chi connectivity index (χ4v) is 6.29. The van der Waals surface area contributed by atoms with Crippen molar-refractivity contribution in [3.63, 3.8) is 0 Å². The van der Waals surface area contributed by atoms with Crippen molar-refractivity contribution in [3.05, 3.63) is 92.4 Å². The highest BCUT2D eigenvalue weighted by molar-refractivity contribution is 7.92. The van der Waals surface area contributed by atoms with Gasteiger partial charge in [0, 0.05) is 33.2 Å². The molecule has 3 aromatic carbocycles. The van der Waals surface area contributed by atoms with Gasteiger partial charge < -0.3 is 10.2 Å². The molecule has 0 saturated heterocycles. The van der Waals surface area contributed by atoms with E-state index in [1.807, 2.05) is 6.92 Å². The van der Waals surface area contributed by atoms with E-state index in [1.54, 1.807) is 37.3 Å². The highest BCUT2D eigenvalue weighted by Crippen LogP contribution is 2.30. The smallest absolute Gasteiger partial charge is 0.264 e. The van der Waals surface area contributed by atoms with Crippen LogP contribution in [0.1, 0.15) is 32.3 Å². The van der Waals surface area contributed by atoms with Crippen LogP contribution < -0.4 is 9.62 Å². The zero-order valence-corrected chi connectivity index (χ0v) is 25.8. The number of hydrogen-bond donors (Lipinski definition) is 1. The molecule has 1 unspecified atom stereocenters. The molecule has 12 heteroatoms. The normalized spacial score (nSPS) is 12.1. The lowest BCUT2D eigenvalue weighted by Crippen LogP contribution is -2.51. The Morgan fingerprint density at radius 1 is 0.900 bits per heavy atom. The lowest BCUT2D eigenvalue weighted by Gasteiger charge is -2.32. The number of halogens is 4. The monoisotopic (exact) mass is 643 g/mol. The molecule has 3 aromatic rings. The average molecular weight is 645 g/mol. The molecule has 0 saturated carbocycles. The summed E-state index contributed by atoms with van der Waals surface area (Å²) in [5, 5.41) is 3.93. The van der Waals surface area contributed by atoms with Gasteiger partial charge in [0.1, 0.15) is 12.6 Å². The molecule has 0 aliphatic rings. The van der Waals surface area contributed by atoms with Gasteiger partial charge in [-0.1, -0.05) is 84.0 Å². The van der Waals surface area contributed by atoms with Crippen LogP contribution in [0, 0.1) is 0 Å². The summed E-state index contributed by atoms with van der Waals surface area (Å²) in [6.45, 7) is 3.32. The Bertz CT molecular complexity index is 1430. The van der Waals surface area contributed by atoms with Gasteiger partial charge in [-0.05, 0) is 61.4 Å². The number of nitrogens with zero attached hydrogens (tertiary/aromatic N) is 2. The molecule has 0 heterocycles. The van der Waals surface area contributed by atoms with Crippen LogP contribution >= 0.6 is 46.4 Å². The van der Waals surface area contributed by atoms with E-state index in [-0.39, 0.29) is 33.1 Å². The van der Waals surface area contributed by atoms with Gasteiger partial charge in [0.15, 0.2) is 0 Å². The minimum Gasteiger partial charge on any atom is -0.354 e. The predicted molar refractivity (Wildman–Crippen MR) is 162 cm³/mol. The Kier molecular flexibility index (Phi) is 11.5. The molecule has 0 fully saturated rings. The SMILES string of the molecule is CCCCNC(=O)C(C)N(Cc1ccc(Cl)cc1Cl)C(=O)CN(c1cc(Cl)cc(Cl)c1)S(=O)(=O)c1ccccc1.